The summed E-state index contributed by atoms with van der Waals surface area (Å²) in [6.07, 6.45) is 3.07. The Balaban J connectivity index is 1.48. The summed E-state index contributed by atoms with van der Waals surface area (Å²) in [7, 11) is 0. The van der Waals surface area contributed by atoms with Crippen molar-refractivity contribution < 1.29 is 13.6 Å². The van der Waals surface area contributed by atoms with Crippen LogP contribution in [0.4, 0.5) is 14.6 Å². The van der Waals surface area contributed by atoms with Gasteiger partial charge in [0, 0.05) is 44.1 Å². The van der Waals surface area contributed by atoms with Gasteiger partial charge in [-0.25, -0.2) is 8.78 Å². The van der Waals surface area contributed by atoms with Crippen LogP contribution in [0.5, 0.6) is 0 Å². The zero-order valence-electron chi connectivity index (χ0n) is 12.3. The normalized spacial score (nSPS) is 25.2. The Labute approximate surface area is 128 Å². The zero-order chi connectivity index (χ0) is 15.6. The topological polar surface area (TPSA) is 58.1 Å². The van der Waals surface area contributed by atoms with E-state index in [0.29, 0.717) is 19.5 Å². The van der Waals surface area contributed by atoms with Crippen molar-refractivity contribution in [3.63, 3.8) is 0 Å². The van der Waals surface area contributed by atoms with Crippen molar-refractivity contribution in [1.29, 1.82) is 0 Å². The van der Waals surface area contributed by atoms with Crippen LogP contribution in [-0.2, 0) is 4.79 Å². The van der Waals surface area contributed by atoms with Crippen molar-refractivity contribution in [1.82, 2.24) is 15.1 Å². The molecule has 3 rings (SSSR count). The van der Waals surface area contributed by atoms with Crippen molar-refractivity contribution >= 4 is 11.7 Å². The molecule has 0 bridgehead atoms. The standard InChI is InChI=1S/C15H20F2N4O/c16-15(17)6-3-11(10-15)14(22)21-8-4-12(5-9-21)19-13-2-1-7-18-20-13/h1-2,7,11-12H,3-6,8-10H2,(H,19,20). The highest BCUT2D eigenvalue weighted by Crippen LogP contribution is 2.39. The van der Waals surface area contributed by atoms with E-state index >= 15 is 0 Å². The quantitative estimate of drug-likeness (QED) is 0.931. The minimum Gasteiger partial charge on any atom is -0.366 e. The van der Waals surface area contributed by atoms with E-state index in [0.717, 1.165) is 18.7 Å². The molecule has 0 radical (unpaired) electrons. The molecule has 5 nitrogen and oxygen atoms in total. The molecule has 1 unspecified atom stereocenters. The van der Waals surface area contributed by atoms with Gasteiger partial charge in [-0.15, -0.1) is 5.10 Å². The van der Waals surface area contributed by atoms with Crippen molar-refractivity contribution in [3.8, 4) is 0 Å². The Morgan fingerprint density at radius 1 is 1.32 bits per heavy atom. The summed E-state index contributed by atoms with van der Waals surface area (Å²) in [5, 5.41) is 11.1. The molecule has 1 aromatic heterocycles. The number of anilines is 1. The Morgan fingerprint density at radius 3 is 2.68 bits per heavy atom. The number of carbonyl (C=O) groups excluding carboxylic acids is 1. The van der Waals surface area contributed by atoms with Gasteiger partial charge < -0.3 is 10.2 Å². The smallest absolute Gasteiger partial charge is 0.248 e. The van der Waals surface area contributed by atoms with E-state index in [1.165, 1.54) is 0 Å². The summed E-state index contributed by atoms with van der Waals surface area (Å²) < 4.78 is 26.5. The molecule has 1 aromatic rings. The molecule has 120 valence electrons. The highest BCUT2D eigenvalue weighted by molar-refractivity contribution is 5.79. The molecule has 22 heavy (non-hydrogen) atoms. The summed E-state index contributed by atoms with van der Waals surface area (Å²) >= 11 is 0. The highest BCUT2D eigenvalue weighted by Gasteiger charge is 2.43. The Kier molecular flexibility index (Phi) is 4.22. The number of hydrogen-bond acceptors (Lipinski definition) is 4. The third-order valence-electron chi connectivity index (χ3n) is 4.48. The van der Waals surface area contributed by atoms with Crippen LogP contribution in [0.15, 0.2) is 18.3 Å². The summed E-state index contributed by atoms with van der Waals surface area (Å²) in [4.78, 5) is 14.0. The maximum Gasteiger partial charge on any atom is 0.248 e. The molecule has 1 N–H and O–H groups in total. The van der Waals surface area contributed by atoms with E-state index < -0.39 is 11.8 Å². The molecule has 2 heterocycles. The number of alkyl halides is 2. The molecule has 1 saturated heterocycles. The lowest BCUT2D eigenvalue weighted by Gasteiger charge is -2.34. The first-order valence-electron chi connectivity index (χ1n) is 7.74. The third kappa shape index (κ3) is 3.51. The molecule has 1 aliphatic carbocycles. The van der Waals surface area contributed by atoms with Gasteiger partial charge in [0.25, 0.3) is 0 Å². The molecule has 1 aliphatic heterocycles. The molecular weight excluding hydrogens is 290 g/mol. The second kappa shape index (κ2) is 6.14. The number of nitrogens with one attached hydrogen (secondary N) is 1. The predicted octanol–water partition coefficient (Wildman–Crippen LogP) is 2.31. The summed E-state index contributed by atoms with van der Waals surface area (Å²) in [6, 6.07) is 3.91. The van der Waals surface area contributed by atoms with Crippen LogP contribution in [-0.4, -0.2) is 46.1 Å². The molecule has 1 amide bonds. The van der Waals surface area contributed by atoms with Gasteiger partial charge in [-0.1, -0.05) is 0 Å². The van der Waals surface area contributed by atoms with Gasteiger partial charge in [-0.05, 0) is 31.4 Å². The number of halogens is 2. The van der Waals surface area contributed by atoms with E-state index in [1.54, 1.807) is 11.1 Å². The van der Waals surface area contributed by atoms with Crippen LogP contribution >= 0.6 is 0 Å². The molecule has 0 spiro atoms. The number of nitrogens with zero attached hydrogens (tertiary/aromatic N) is 3. The van der Waals surface area contributed by atoms with Crippen LogP contribution in [0.1, 0.15) is 32.1 Å². The van der Waals surface area contributed by atoms with E-state index in [4.69, 9.17) is 0 Å². The van der Waals surface area contributed by atoms with E-state index in [-0.39, 0.29) is 24.8 Å². The number of aromatic nitrogens is 2. The predicted molar refractivity (Wildman–Crippen MR) is 77.5 cm³/mol. The van der Waals surface area contributed by atoms with E-state index in [1.807, 2.05) is 12.1 Å². The lowest BCUT2D eigenvalue weighted by atomic mass is 10.0. The van der Waals surface area contributed by atoms with Crippen molar-refractivity contribution in [2.75, 3.05) is 18.4 Å². The van der Waals surface area contributed by atoms with Crippen LogP contribution in [0, 0.1) is 5.92 Å². The monoisotopic (exact) mass is 310 g/mol. The maximum absolute atomic E-state index is 13.2. The number of likely N-dealkylation sites (tertiary alicyclic amines) is 1. The molecule has 0 aromatic carbocycles. The van der Waals surface area contributed by atoms with Gasteiger partial charge in [0.05, 0.1) is 0 Å². The van der Waals surface area contributed by atoms with Crippen LogP contribution in [0.25, 0.3) is 0 Å². The SMILES string of the molecule is O=C(C1CCC(F)(F)C1)N1CCC(Nc2cccnn2)CC1. The van der Waals surface area contributed by atoms with Crippen LogP contribution in [0.3, 0.4) is 0 Å². The molecule has 7 heteroatoms. The van der Waals surface area contributed by atoms with Gasteiger partial charge in [0.1, 0.15) is 5.82 Å². The second-order valence-electron chi connectivity index (χ2n) is 6.15. The van der Waals surface area contributed by atoms with Crippen molar-refractivity contribution in [2.45, 2.75) is 44.1 Å². The third-order valence-corrected chi connectivity index (χ3v) is 4.48. The molecule has 1 atom stereocenters. The van der Waals surface area contributed by atoms with Crippen LogP contribution < -0.4 is 5.32 Å². The average molecular weight is 310 g/mol. The lowest BCUT2D eigenvalue weighted by molar-refractivity contribution is -0.137. The average Bonchev–Trinajstić information content (AvgIpc) is 2.88. The van der Waals surface area contributed by atoms with Gasteiger partial charge in [-0.2, -0.15) is 5.10 Å². The van der Waals surface area contributed by atoms with Gasteiger partial charge in [0.2, 0.25) is 11.8 Å². The molecule has 1 saturated carbocycles. The number of carbonyl (C=O) groups is 1. The largest absolute Gasteiger partial charge is 0.366 e. The molecular formula is C15H20F2N4O. The number of hydrogen-bond donors (Lipinski definition) is 1. The summed E-state index contributed by atoms with van der Waals surface area (Å²) in [6.45, 7) is 1.22. The highest BCUT2D eigenvalue weighted by atomic mass is 19.3. The lowest BCUT2D eigenvalue weighted by Crippen LogP contribution is -2.44. The molecule has 2 aliphatic rings. The minimum absolute atomic E-state index is 0.102. The van der Waals surface area contributed by atoms with Crippen LogP contribution in [0.2, 0.25) is 0 Å². The molecule has 2 fully saturated rings. The van der Waals surface area contributed by atoms with E-state index in [9.17, 15) is 13.6 Å². The van der Waals surface area contributed by atoms with Gasteiger partial charge in [0.15, 0.2) is 0 Å². The fourth-order valence-corrected chi connectivity index (χ4v) is 3.25. The van der Waals surface area contributed by atoms with Crippen molar-refractivity contribution in [3.05, 3.63) is 18.3 Å². The van der Waals surface area contributed by atoms with E-state index in [2.05, 4.69) is 15.5 Å². The minimum atomic E-state index is -2.66. The Hall–Kier alpha value is -1.79. The summed E-state index contributed by atoms with van der Waals surface area (Å²) in [5.74, 6) is -2.54. The first kappa shape index (κ1) is 15.1. The Bertz CT molecular complexity index is 518. The fraction of sp³-hybridized carbons (Fsp3) is 0.667. The zero-order valence-corrected chi connectivity index (χ0v) is 12.3. The fourth-order valence-electron chi connectivity index (χ4n) is 3.25. The summed E-state index contributed by atoms with van der Waals surface area (Å²) in [5.41, 5.74) is 0. The first-order valence-corrected chi connectivity index (χ1v) is 7.74. The van der Waals surface area contributed by atoms with Crippen molar-refractivity contribution in [2.24, 2.45) is 5.92 Å². The number of rotatable bonds is 3. The Morgan fingerprint density at radius 2 is 2.09 bits per heavy atom. The van der Waals surface area contributed by atoms with Gasteiger partial charge in [-0.3, -0.25) is 4.79 Å². The van der Waals surface area contributed by atoms with Gasteiger partial charge >= 0.3 is 0 Å². The number of amides is 1. The maximum atomic E-state index is 13.2. The first-order chi connectivity index (χ1) is 10.5. The number of piperidine rings is 1. The second-order valence-corrected chi connectivity index (χ2v) is 6.15.